The van der Waals surface area contributed by atoms with Crippen LogP contribution >= 0.6 is 0 Å². The van der Waals surface area contributed by atoms with Gasteiger partial charge in [-0.05, 0) is 36.2 Å². The molecule has 0 bridgehead atoms. The van der Waals surface area contributed by atoms with E-state index in [9.17, 15) is 9.90 Å². The highest BCUT2D eigenvalue weighted by atomic mass is 16.4. The first kappa shape index (κ1) is 13.2. The maximum absolute atomic E-state index is 12.2. The van der Waals surface area contributed by atoms with Gasteiger partial charge in [0.1, 0.15) is 11.3 Å². The monoisotopic (exact) mass is 281 g/mol. The predicted molar refractivity (Wildman–Crippen MR) is 82.5 cm³/mol. The van der Waals surface area contributed by atoms with Crippen LogP contribution < -0.4 is 11.4 Å². The van der Waals surface area contributed by atoms with Gasteiger partial charge in [0.25, 0.3) is 0 Å². The Hall–Kier alpha value is -2.75. The van der Waals surface area contributed by atoms with Crippen LogP contribution in [0, 0.1) is 6.92 Å². The number of nitrogen functional groups attached to an aromatic ring is 1. The summed E-state index contributed by atoms with van der Waals surface area (Å²) in [5.41, 5.74) is 8.92. The second-order valence-corrected chi connectivity index (χ2v) is 5.05. The molecule has 0 saturated carbocycles. The number of rotatable bonds is 2. The molecule has 0 aliphatic carbocycles. The molecule has 4 nitrogen and oxygen atoms in total. The summed E-state index contributed by atoms with van der Waals surface area (Å²) in [4.78, 5) is 12.2. The molecule has 0 atom stereocenters. The number of benzene rings is 2. The molecule has 0 amide bonds. The molecule has 21 heavy (non-hydrogen) atoms. The van der Waals surface area contributed by atoms with E-state index in [1.165, 1.54) is 6.07 Å². The normalized spacial score (nSPS) is 10.9. The maximum Gasteiger partial charge on any atom is 0.340 e. The van der Waals surface area contributed by atoms with Gasteiger partial charge >= 0.3 is 5.63 Å². The summed E-state index contributed by atoms with van der Waals surface area (Å²) in [6.07, 6.45) is 0.428. The van der Waals surface area contributed by atoms with Crippen molar-refractivity contribution in [1.29, 1.82) is 0 Å². The van der Waals surface area contributed by atoms with E-state index >= 15 is 0 Å². The first-order valence-electron chi connectivity index (χ1n) is 6.65. The van der Waals surface area contributed by atoms with Crippen LogP contribution in [0.1, 0.15) is 16.7 Å². The van der Waals surface area contributed by atoms with Crippen molar-refractivity contribution in [2.75, 3.05) is 5.73 Å². The average Bonchev–Trinajstić information content (AvgIpc) is 2.45. The molecule has 106 valence electrons. The smallest absolute Gasteiger partial charge is 0.340 e. The number of anilines is 1. The molecule has 3 rings (SSSR count). The van der Waals surface area contributed by atoms with Crippen LogP contribution in [0.15, 0.2) is 51.7 Å². The third kappa shape index (κ3) is 2.36. The number of aryl methyl sites for hydroxylation is 1. The van der Waals surface area contributed by atoms with Gasteiger partial charge in [0, 0.05) is 29.1 Å². The fourth-order valence-corrected chi connectivity index (χ4v) is 2.47. The topological polar surface area (TPSA) is 76.5 Å². The Bertz CT molecular complexity index is 881. The number of fused-ring (bicyclic) bond motifs is 1. The lowest BCUT2D eigenvalue weighted by Gasteiger charge is -2.09. The molecule has 3 N–H and O–H groups in total. The molecule has 0 unspecified atom stereocenters. The average molecular weight is 281 g/mol. The molecule has 4 heteroatoms. The minimum atomic E-state index is -0.395. The highest BCUT2D eigenvalue weighted by Crippen LogP contribution is 2.25. The van der Waals surface area contributed by atoms with Gasteiger partial charge in [0.05, 0.1) is 0 Å². The summed E-state index contributed by atoms with van der Waals surface area (Å²) in [5, 5.41) is 10.3. The number of hydrogen-bond acceptors (Lipinski definition) is 4. The largest absolute Gasteiger partial charge is 0.508 e. The number of hydrogen-bond donors (Lipinski definition) is 2. The number of aromatic hydroxyl groups is 1. The van der Waals surface area contributed by atoms with Crippen molar-refractivity contribution in [2.45, 2.75) is 13.3 Å². The Morgan fingerprint density at radius 1 is 1.19 bits per heavy atom. The second kappa shape index (κ2) is 4.98. The molecule has 0 spiro atoms. The van der Waals surface area contributed by atoms with Gasteiger partial charge in [-0.3, -0.25) is 0 Å². The molecule has 1 heterocycles. The van der Waals surface area contributed by atoms with Crippen molar-refractivity contribution < 1.29 is 9.52 Å². The van der Waals surface area contributed by atoms with Gasteiger partial charge in [0.2, 0.25) is 0 Å². The Morgan fingerprint density at radius 3 is 2.71 bits per heavy atom. The summed E-state index contributed by atoms with van der Waals surface area (Å²) in [6.45, 7) is 1.88. The van der Waals surface area contributed by atoms with Gasteiger partial charge < -0.3 is 15.3 Å². The molecular weight excluding hydrogens is 266 g/mol. The van der Waals surface area contributed by atoms with Crippen molar-refractivity contribution in [3.05, 3.63) is 69.6 Å². The van der Waals surface area contributed by atoms with Gasteiger partial charge in [0.15, 0.2) is 0 Å². The van der Waals surface area contributed by atoms with Crippen LogP contribution in [0.5, 0.6) is 5.75 Å². The lowest BCUT2D eigenvalue weighted by Crippen LogP contribution is -2.11. The Kier molecular flexibility index (Phi) is 3.14. The lowest BCUT2D eigenvalue weighted by molar-refractivity contribution is 0.472. The van der Waals surface area contributed by atoms with E-state index in [0.717, 1.165) is 16.5 Å². The third-order valence-corrected chi connectivity index (χ3v) is 3.69. The quantitative estimate of drug-likeness (QED) is 0.559. The zero-order chi connectivity index (χ0) is 15.0. The Morgan fingerprint density at radius 2 is 1.95 bits per heavy atom. The number of nitrogens with two attached hydrogens (primary N) is 1. The van der Waals surface area contributed by atoms with E-state index in [4.69, 9.17) is 10.2 Å². The molecule has 0 aliphatic rings. The second-order valence-electron chi connectivity index (χ2n) is 5.05. The first-order chi connectivity index (χ1) is 10.1. The van der Waals surface area contributed by atoms with E-state index in [-0.39, 0.29) is 5.75 Å². The van der Waals surface area contributed by atoms with Crippen LogP contribution in [-0.4, -0.2) is 5.11 Å². The molecule has 0 fully saturated rings. The molecule has 3 aromatic rings. The van der Waals surface area contributed by atoms with Crippen molar-refractivity contribution in [2.24, 2.45) is 0 Å². The predicted octanol–water partition coefficient (Wildman–Crippen LogP) is 2.98. The fraction of sp³-hybridized carbons (Fsp3) is 0.118. The van der Waals surface area contributed by atoms with Crippen LogP contribution in [0.25, 0.3) is 11.0 Å². The van der Waals surface area contributed by atoms with Gasteiger partial charge in [-0.1, -0.05) is 18.2 Å². The van der Waals surface area contributed by atoms with E-state index in [2.05, 4.69) is 0 Å². The van der Waals surface area contributed by atoms with Crippen molar-refractivity contribution in [3.8, 4) is 5.75 Å². The molecule has 1 aromatic heterocycles. The highest BCUT2D eigenvalue weighted by Gasteiger charge is 2.13. The van der Waals surface area contributed by atoms with Crippen molar-refractivity contribution in [3.63, 3.8) is 0 Å². The summed E-state index contributed by atoms with van der Waals surface area (Å²) < 4.78 is 5.31. The summed E-state index contributed by atoms with van der Waals surface area (Å²) in [5.74, 6) is 0.0742. The van der Waals surface area contributed by atoms with Crippen LogP contribution in [-0.2, 0) is 6.42 Å². The van der Waals surface area contributed by atoms with E-state index in [0.29, 0.717) is 23.3 Å². The first-order valence-corrected chi connectivity index (χ1v) is 6.65. The zero-order valence-corrected chi connectivity index (χ0v) is 11.6. The Balaban J connectivity index is 2.17. The summed E-state index contributed by atoms with van der Waals surface area (Å²) in [7, 11) is 0. The van der Waals surface area contributed by atoms with Gasteiger partial charge in [-0.15, -0.1) is 0 Å². The highest BCUT2D eigenvalue weighted by molar-refractivity contribution is 5.82. The van der Waals surface area contributed by atoms with Gasteiger partial charge in [-0.2, -0.15) is 0 Å². The molecule has 0 saturated heterocycles. The van der Waals surface area contributed by atoms with Crippen molar-refractivity contribution >= 4 is 16.7 Å². The molecule has 0 aliphatic heterocycles. The number of phenols is 1. The van der Waals surface area contributed by atoms with E-state index in [1.54, 1.807) is 12.1 Å². The van der Waals surface area contributed by atoms with E-state index in [1.807, 2.05) is 31.2 Å². The SMILES string of the molecule is Cc1c(Cc2ccccc2N)c(=O)oc2cc(O)ccc12. The lowest BCUT2D eigenvalue weighted by atomic mass is 9.99. The molecule has 2 aromatic carbocycles. The third-order valence-electron chi connectivity index (χ3n) is 3.69. The van der Waals surface area contributed by atoms with Crippen molar-refractivity contribution in [1.82, 2.24) is 0 Å². The molecule has 0 radical (unpaired) electrons. The fourth-order valence-electron chi connectivity index (χ4n) is 2.47. The van der Waals surface area contributed by atoms with Gasteiger partial charge in [-0.25, -0.2) is 4.79 Å². The minimum absolute atomic E-state index is 0.0742. The molecular formula is C17H15NO3. The summed E-state index contributed by atoms with van der Waals surface area (Å²) >= 11 is 0. The summed E-state index contributed by atoms with van der Waals surface area (Å²) in [6, 6.07) is 12.2. The maximum atomic E-state index is 12.2. The standard InChI is InChI=1S/C17H15NO3/c1-10-13-7-6-12(19)9-16(13)21-17(20)14(10)8-11-4-2-3-5-15(11)18/h2-7,9,19H,8,18H2,1H3. The van der Waals surface area contributed by atoms with Crippen LogP contribution in [0.4, 0.5) is 5.69 Å². The van der Waals surface area contributed by atoms with Crippen LogP contribution in [0.2, 0.25) is 0 Å². The number of para-hydroxylation sites is 1. The zero-order valence-electron chi connectivity index (χ0n) is 11.6. The minimum Gasteiger partial charge on any atom is -0.508 e. The Labute approximate surface area is 121 Å². The number of phenolic OH excluding ortho intramolecular Hbond substituents is 1. The van der Waals surface area contributed by atoms with Crippen LogP contribution in [0.3, 0.4) is 0 Å². The van der Waals surface area contributed by atoms with E-state index < -0.39 is 5.63 Å².